The third-order valence-corrected chi connectivity index (χ3v) is 6.32. The molecule has 3 aromatic carbocycles. The van der Waals surface area contributed by atoms with Crippen LogP contribution in [0.3, 0.4) is 0 Å². The molecule has 6 nitrogen and oxygen atoms in total. The van der Waals surface area contributed by atoms with Crippen molar-refractivity contribution in [2.24, 2.45) is 0 Å². The summed E-state index contributed by atoms with van der Waals surface area (Å²) in [6, 6.07) is 22.1. The number of methoxy groups -OCH3 is 2. The molecule has 0 fully saturated rings. The van der Waals surface area contributed by atoms with Crippen LogP contribution >= 0.6 is 11.6 Å². The molecule has 3 aromatic rings. The van der Waals surface area contributed by atoms with E-state index in [0.717, 1.165) is 16.7 Å². The molecular weight excluding hydrogens is 500 g/mol. The molecule has 0 aromatic heterocycles. The van der Waals surface area contributed by atoms with E-state index in [1.54, 1.807) is 25.2 Å². The summed E-state index contributed by atoms with van der Waals surface area (Å²) < 4.78 is 10.7. The minimum Gasteiger partial charge on any atom is -0.493 e. The van der Waals surface area contributed by atoms with Crippen molar-refractivity contribution >= 4 is 23.4 Å². The molecule has 0 radical (unpaired) electrons. The van der Waals surface area contributed by atoms with Crippen LogP contribution in [0.15, 0.2) is 72.8 Å². The highest BCUT2D eigenvalue weighted by atomic mass is 35.5. The standard InChI is InChI=1S/C31H37ClN2O4/c1-31(2,3)33-30(36)26(19-22-10-7-6-8-11-22)34(21-24-12-9-13-25(32)18-24)29(35)17-15-23-14-16-27(37-4)28(20-23)38-5/h6-14,16,18,20,26H,15,17,19,21H2,1-5H3,(H,33,36). The maximum atomic E-state index is 13.8. The van der Waals surface area contributed by atoms with Gasteiger partial charge in [-0.05, 0) is 68.1 Å². The van der Waals surface area contributed by atoms with Crippen LogP contribution in [-0.2, 0) is 29.0 Å². The highest BCUT2D eigenvalue weighted by molar-refractivity contribution is 6.30. The van der Waals surface area contributed by atoms with Gasteiger partial charge in [-0.15, -0.1) is 0 Å². The summed E-state index contributed by atoms with van der Waals surface area (Å²) in [6.45, 7) is 6.07. The summed E-state index contributed by atoms with van der Waals surface area (Å²) in [5.41, 5.74) is 2.33. The van der Waals surface area contributed by atoms with E-state index in [1.807, 2.05) is 87.5 Å². The van der Waals surface area contributed by atoms with Gasteiger partial charge in [0.05, 0.1) is 14.2 Å². The molecule has 0 aliphatic rings. The van der Waals surface area contributed by atoms with Crippen LogP contribution in [0.2, 0.25) is 5.02 Å². The first-order valence-corrected chi connectivity index (χ1v) is 13.1. The third kappa shape index (κ3) is 8.52. The molecular formula is C31H37ClN2O4. The molecule has 2 amide bonds. The normalized spacial score (nSPS) is 11.9. The Hall–Kier alpha value is -3.51. The molecule has 0 bridgehead atoms. The number of aryl methyl sites for hydroxylation is 1. The van der Waals surface area contributed by atoms with Crippen LogP contribution in [-0.4, -0.2) is 42.5 Å². The summed E-state index contributed by atoms with van der Waals surface area (Å²) in [7, 11) is 3.17. The van der Waals surface area contributed by atoms with Crippen LogP contribution in [0.25, 0.3) is 0 Å². The van der Waals surface area contributed by atoms with Crippen LogP contribution in [0.5, 0.6) is 11.5 Å². The van der Waals surface area contributed by atoms with Crippen LogP contribution in [0, 0.1) is 0 Å². The predicted octanol–water partition coefficient (Wildman–Crippen LogP) is 5.84. The van der Waals surface area contributed by atoms with Gasteiger partial charge in [-0.3, -0.25) is 9.59 Å². The van der Waals surface area contributed by atoms with E-state index in [9.17, 15) is 9.59 Å². The number of nitrogens with one attached hydrogen (secondary N) is 1. The van der Waals surface area contributed by atoms with Crippen molar-refractivity contribution in [3.8, 4) is 11.5 Å². The first-order valence-electron chi connectivity index (χ1n) is 12.7. The van der Waals surface area contributed by atoms with Crippen molar-refractivity contribution in [1.82, 2.24) is 10.2 Å². The van der Waals surface area contributed by atoms with Crippen molar-refractivity contribution in [2.45, 2.75) is 58.2 Å². The Morgan fingerprint density at radius 2 is 1.55 bits per heavy atom. The second-order valence-corrected chi connectivity index (χ2v) is 10.7. The van der Waals surface area contributed by atoms with Crippen LogP contribution in [0.4, 0.5) is 0 Å². The van der Waals surface area contributed by atoms with Gasteiger partial charge in [-0.1, -0.05) is 60.1 Å². The van der Waals surface area contributed by atoms with Crippen molar-refractivity contribution in [2.75, 3.05) is 14.2 Å². The Bertz CT molecular complexity index is 1220. The van der Waals surface area contributed by atoms with Crippen LogP contribution < -0.4 is 14.8 Å². The Morgan fingerprint density at radius 3 is 2.18 bits per heavy atom. The fourth-order valence-electron chi connectivity index (χ4n) is 4.27. The van der Waals surface area contributed by atoms with Gasteiger partial charge in [0, 0.05) is 29.9 Å². The lowest BCUT2D eigenvalue weighted by atomic mass is 9.99. The molecule has 0 heterocycles. The zero-order valence-electron chi connectivity index (χ0n) is 22.8. The maximum absolute atomic E-state index is 13.8. The Labute approximate surface area is 230 Å². The number of ether oxygens (including phenoxy) is 2. The second kappa shape index (κ2) is 13.3. The largest absolute Gasteiger partial charge is 0.493 e. The fraction of sp³-hybridized carbons (Fsp3) is 0.355. The number of hydrogen-bond acceptors (Lipinski definition) is 4. The summed E-state index contributed by atoms with van der Waals surface area (Å²) in [4.78, 5) is 29.2. The lowest BCUT2D eigenvalue weighted by Crippen LogP contribution is -2.54. The summed E-state index contributed by atoms with van der Waals surface area (Å²) in [6.07, 6.45) is 1.11. The average Bonchev–Trinajstić information content (AvgIpc) is 2.88. The Balaban J connectivity index is 1.93. The van der Waals surface area contributed by atoms with Crippen LogP contribution in [0.1, 0.15) is 43.9 Å². The van der Waals surface area contributed by atoms with Gasteiger partial charge < -0.3 is 19.7 Å². The smallest absolute Gasteiger partial charge is 0.243 e. The topological polar surface area (TPSA) is 67.9 Å². The van der Waals surface area contributed by atoms with E-state index >= 15 is 0 Å². The van der Waals surface area contributed by atoms with Gasteiger partial charge in [0.15, 0.2) is 11.5 Å². The second-order valence-electron chi connectivity index (χ2n) is 10.3. The minimum atomic E-state index is -0.700. The Kier molecular flexibility index (Phi) is 10.2. The quantitative estimate of drug-likeness (QED) is 0.334. The molecule has 1 unspecified atom stereocenters. The van der Waals surface area contributed by atoms with E-state index in [-0.39, 0.29) is 24.8 Å². The molecule has 0 aliphatic heterocycles. The number of halogens is 1. The van der Waals surface area contributed by atoms with Crippen molar-refractivity contribution in [3.05, 3.63) is 94.5 Å². The maximum Gasteiger partial charge on any atom is 0.243 e. The molecule has 0 saturated carbocycles. The lowest BCUT2D eigenvalue weighted by molar-refractivity contribution is -0.141. The molecule has 0 aliphatic carbocycles. The highest BCUT2D eigenvalue weighted by Crippen LogP contribution is 2.28. The van der Waals surface area contributed by atoms with E-state index in [0.29, 0.717) is 29.4 Å². The monoisotopic (exact) mass is 536 g/mol. The molecule has 1 N–H and O–H groups in total. The first kappa shape index (κ1) is 29.1. The average molecular weight is 537 g/mol. The van der Waals surface area contributed by atoms with Gasteiger partial charge in [-0.25, -0.2) is 0 Å². The van der Waals surface area contributed by atoms with Gasteiger partial charge in [0.1, 0.15) is 6.04 Å². The van der Waals surface area contributed by atoms with Gasteiger partial charge in [0.25, 0.3) is 0 Å². The van der Waals surface area contributed by atoms with E-state index in [1.165, 1.54) is 0 Å². The molecule has 1 atom stereocenters. The Morgan fingerprint density at radius 1 is 0.868 bits per heavy atom. The van der Waals surface area contributed by atoms with Gasteiger partial charge in [0.2, 0.25) is 11.8 Å². The zero-order chi connectivity index (χ0) is 27.7. The van der Waals surface area contributed by atoms with E-state index in [4.69, 9.17) is 21.1 Å². The molecule has 202 valence electrons. The van der Waals surface area contributed by atoms with Gasteiger partial charge in [-0.2, -0.15) is 0 Å². The lowest BCUT2D eigenvalue weighted by Gasteiger charge is -2.34. The van der Waals surface area contributed by atoms with Crippen molar-refractivity contribution in [3.63, 3.8) is 0 Å². The molecule has 0 spiro atoms. The number of rotatable bonds is 11. The molecule has 3 rings (SSSR count). The van der Waals surface area contributed by atoms with E-state index < -0.39 is 11.6 Å². The number of amides is 2. The van der Waals surface area contributed by atoms with Gasteiger partial charge >= 0.3 is 0 Å². The predicted molar refractivity (Wildman–Crippen MR) is 152 cm³/mol. The minimum absolute atomic E-state index is 0.121. The van der Waals surface area contributed by atoms with E-state index in [2.05, 4.69) is 5.32 Å². The number of carbonyl (C=O) groups excluding carboxylic acids is 2. The zero-order valence-corrected chi connectivity index (χ0v) is 23.5. The fourth-order valence-corrected chi connectivity index (χ4v) is 4.48. The summed E-state index contributed by atoms with van der Waals surface area (Å²) in [5, 5.41) is 3.67. The van der Waals surface area contributed by atoms with Crippen molar-refractivity contribution in [1.29, 1.82) is 0 Å². The summed E-state index contributed by atoms with van der Waals surface area (Å²) >= 11 is 6.26. The molecule has 0 saturated heterocycles. The number of nitrogens with zero attached hydrogens (tertiary/aromatic N) is 1. The highest BCUT2D eigenvalue weighted by Gasteiger charge is 2.32. The number of benzene rings is 3. The number of hydrogen-bond donors (Lipinski definition) is 1. The SMILES string of the molecule is COc1ccc(CCC(=O)N(Cc2cccc(Cl)c2)C(Cc2ccccc2)C(=O)NC(C)(C)C)cc1OC. The molecule has 38 heavy (non-hydrogen) atoms. The summed E-state index contributed by atoms with van der Waals surface area (Å²) in [5.74, 6) is 0.930. The third-order valence-electron chi connectivity index (χ3n) is 6.09. The first-order chi connectivity index (χ1) is 18.1. The van der Waals surface area contributed by atoms with Crippen molar-refractivity contribution < 1.29 is 19.1 Å². The molecule has 7 heteroatoms. The number of carbonyl (C=O) groups is 2.